The second-order valence-corrected chi connectivity index (χ2v) is 9.77. The van der Waals surface area contributed by atoms with Gasteiger partial charge < -0.3 is 19.9 Å². The van der Waals surface area contributed by atoms with E-state index in [0.29, 0.717) is 36.0 Å². The number of imidazole rings is 1. The number of fused-ring (bicyclic) bond motifs is 3. The van der Waals surface area contributed by atoms with E-state index in [1.807, 2.05) is 0 Å². The van der Waals surface area contributed by atoms with Gasteiger partial charge in [0.15, 0.2) is 11.5 Å². The Morgan fingerprint density at radius 3 is 2.51 bits per heavy atom. The van der Waals surface area contributed by atoms with E-state index < -0.39 is 0 Å². The summed E-state index contributed by atoms with van der Waals surface area (Å²) in [5, 5.41) is 3.04. The van der Waals surface area contributed by atoms with Crippen LogP contribution in [-0.4, -0.2) is 40.2 Å². The summed E-state index contributed by atoms with van der Waals surface area (Å²) >= 11 is 7.78. The molecule has 1 aliphatic heterocycles. The Morgan fingerprint density at radius 2 is 1.83 bits per heavy atom. The Morgan fingerprint density at radius 1 is 1.11 bits per heavy atom. The molecule has 0 amide bonds. The first kappa shape index (κ1) is 23.6. The minimum Gasteiger partial charge on any atom is -0.463 e. The number of benzene rings is 2. The molecule has 0 aliphatic carbocycles. The van der Waals surface area contributed by atoms with Crippen LogP contribution in [-0.2, 0) is 12.4 Å². The molecule has 10 heteroatoms. The van der Waals surface area contributed by atoms with Gasteiger partial charge in [-0.3, -0.25) is 4.57 Å². The third-order valence-electron chi connectivity index (χ3n) is 6.05. The number of hydrogen-bond donors (Lipinski definition) is 2. The summed E-state index contributed by atoms with van der Waals surface area (Å²) in [7, 11) is 3.83. The zero-order chi connectivity index (χ0) is 24.5. The van der Waals surface area contributed by atoms with Crippen LogP contribution in [0.3, 0.4) is 0 Å². The lowest BCUT2D eigenvalue weighted by molar-refractivity contribution is 0.286. The highest BCUT2D eigenvalue weighted by atomic mass is 35.5. The minimum absolute atomic E-state index is 0.240. The Hall–Kier alpha value is -3.17. The van der Waals surface area contributed by atoms with E-state index in [4.69, 9.17) is 16.3 Å². The Balaban J connectivity index is 1.49. The number of hydrogen-bond acceptors (Lipinski definition) is 7. The molecule has 2 aromatic carbocycles. The second kappa shape index (κ2) is 9.83. The van der Waals surface area contributed by atoms with E-state index in [1.54, 1.807) is 23.4 Å². The molecular weight excluding hydrogens is 484 g/mol. The Labute approximate surface area is 212 Å². The lowest BCUT2D eigenvalue weighted by atomic mass is 10.1. The van der Waals surface area contributed by atoms with Gasteiger partial charge in [-0.15, -0.1) is 11.6 Å². The fourth-order valence-corrected chi connectivity index (χ4v) is 5.60. The van der Waals surface area contributed by atoms with Crippen LogP contribution in [0.4, 0.5) is 17.2 Å². The molecule has 0 spiro atoms. The van der Waals surface area contributed by atoms with Gasteiger partial charge in [0.2, 0.25) is 0 Å². The number of anilines is 3. The summed E-state index contributed by atoms with van der Waals surface area (Å²) < 4.78 is 7.37. The van der Waals surface area contributed by atoms with Gasteiger partial charge in [-0.25, -0.2) is 4.79 Å². The van der Waals surface area contributed by atoms with Crippen LogP contribution in [0.25, 0.3) is 11.2 Å². The first-order valence-corrected chi connectivity index (χ1v) is 12.9. The maximum absolute atomic E-state index is 12.9. The fraction of sp³-hybridized carbons (Fsp3) is 0.320. The first-order chi connectivity index (χ1) is 17.0. The maximum atomic E-state index is 12.9. The minimum atomic E-state index is -0.240. The zero-order valence-corrected chi connectivity index (χ0v) is 21.5. The van der Waals surface area contributed by atoms with Gasteiger partial charge in [-0.1, -0.05) is 37.2 Å². The SMILES string of the molecule is CCCCOc1nc(NC)c2[nH]c(=O)n(Cc3ccc4c(c3)Sc3cc(CCl)ccc3N4C)c2n1. The molecule has 8 nitrogen and oxygen atoms in total. The van der Waals surface area contributed by atoms with Crippen LogP contribution in [0.2, 0.25) is 0 Å². The van der Waals surface area contributed by atoms with Gasteiger partial charge >= 0.3 is 11.7 Å². The standard InChI is InChI=1S/C25H27ClN6O2S/c1-4-5-10-34-24-29-22(27-2)21-23(30-24)32(25(33)28-21)14-16-7-9-18-20(12-16)35-19-11-15(13-26)6-8-17(19)31(18)3/h6-9,11-12H,4-5,10,13-14H2,1-3H3,(H,28,33)(H,27,29,30). The van der Waals surface area contributed by atoms with E-state index in [0.717, 1.165) is 40.2 Å². The molecule has 182 valence electrons. The molecule has 5 rings (SSSR count). The lowest BCUT2D eigenvalue weighted by Gasteiger charge is -2.30. The number of nitrogens with one attached hydrogen (secondary N) is 2. The van der Waals surface area contributed by atoms with Crippen LogP contribution in [0.1, 0.15) is 30.9 Å². The number of ether oxygens (including phenoxy) is 1. The van der Waals surface area contributed by atoms with Crippen molar-refractivity contribution in [3.63, 3.8) is 0 Å². The highest BCUT2D eigenvalue weighted by molar-refractivity contribution is 7.99. The van der Waals surface area contributed by atoms with Crippen LogP contribution in [0, 0.1) is 0 Å². The van der Waals surface area contributed by atoms with Crippen molar-refractivity contribution in [3.8, 4) is 6.01 Å². The van der Waals surface area contributed by atoms with Crippen molar-refractivity contribution in [3.05, 3.63) is 58.0 Å². The molecular formula is C25H27ClN6O2S. The van der Waals surface area contributed by atoms with Gasteiger partial charge in [0.25, 0.3) is 0 Å². The molecule has 2 aromatic heterocycles. The summed E-state index contributed by atoms with van der Waals surface area (Å²) in [6.45, 7) is 3.00. The maximum Gasteiger partial charge on any atom is 0.328 e. The number of alkyl halides is 1. The normalized spacial score (nSPS) is 12.5. The van der Waals surface area contributed by atoms with E-state index in [2.05, 4.69) is 75.5 Å². The van der Waals surface area contributed by atoms with Crippen LogP contribution >= 0.6 is 23.4 Å². The number of aromatic nitrogens is 4. The van der Waals surface area contributed by atoms with Crippen molar-refractivity contribution in [1.82, 2.24) is 19.5 Å². The summed E-state index contributed by atoms with van der Waals surface area (Å²) in [6.07, 6.45) is 1.92. The van der Waals surface area contributed by atoms with E-state index >= 15 is 0 Å². The van der Waals surface area contributed by atoms with Crippen LogP contribution < -0.4 is 20.6 Å². The molecule has 0 saturated heterocycles. The van der Waals surface area contributed by atoms with Crippen LogP contribution in [0.5, 0.6) is 6.01 Å². The molecule has 0 saturated carbocycles. The largest absolute Gasteiger partial charge is 0.463 e. The fourth-order valence-electron chi connectivity index (χ4n) is 4.16. The summed E-state index contributed by atoms with van der Waals surface area (Å²) in [4.78, 5) is 29.2. The average Bonchev–Trinajstić information content (AvgIpc) is 3.18. The van der Waals surface area contributed by atoms with E-state index in [9.17, 15) is 4.79 Å². The topological polar surface area (TPSA) is 88.1 Å². The van der Waals surface area contributed by atoms with Crippen molar-refractivity contribution in [2.24, 2.45) is 0 Å². The third kappa shape index (κ3) is 4.46. The smallest absolute Gasteiger partial charge is 0.328 e. The summed E-state index contributed by atoms with van der Waals surface area (Å²) in [5.74, 6) is 1.01. The first-order valence-electron chi connectivity index (χ1n) is 11.6. The van der Waals surface area contributed by atoms with Gasteiger partial charge in [0, 0.05) is 29.8 Å². The van der Waals surface area contributed by atoms with Gasteiger partial charge in [-0.05, 0) is 41.8 Å². The number of aromatic amines is 1. The van der Waals surface area contributed by atoms with Crippen LogP contribution in [0.15, 0.2) is 51.0 Å². The number of unbranched alkanes of at least 4 members (excludes halogenated alkanes) is 1. The average molecular weight is 511 g/mol. The molecule has 0 bridgehead atoms. The zero-order valence-electron chi connectivity index (χ0n) is 19.9. The van der Waals surface area contributed by atoms with Gasteiger partial charge in [0.05, 0.1) is 24.5 Å². The molecule has 35 heavy (non-hydrogen) atoms. The molecule has 0 radical (unpaired) electrons. The number of nitrogens with zero attached hydrogens (tertiary/aromatic N) is 4. The number of halogens is 1. The molecule has 0 unspecified atom stereocenters. The van der Waals surface area contributed by atoms with Crippen molar-refractivity contribution < 1.29 is 4.74 Å². The third-order valence-corrected chi connectivity index (χ3v) is 7.46. The highest BCUT2D eigenvalue weighted by Gasteiger charge is 2.22. The monoisotopic (exact) mass is 510 g/mol. The predicted octanol–water partition coefficient (Wildman–Crippen LogP) is 5.36. The predicted molar refractivity (Wildman–Crippen MR) is 142 cm³/mol. The highest BCUT2D eigenvalue weighted by Crippen LogP contribution is 2.48. The lowest BCUT2D eigenvalue weighted by Crippen LogP contribution is -2.19. The van der Waals surface area contributed by atoms with Crippen molar-refractivity contribution in [1.29, 1.82) is 0 Å². The molecule has 3 heterocycles. The summed E-state index contributed by atoms with van der Waals surface area (Å²) in [5.41, 5.74) is 5.22. The Bertz CT molecular complexity index is 1450. The van der Waals surface area contributed by atoms with E-state index in [1.165, 1.54) is 4.90 Å². The van der Waals surface area contributed by atoms with Gasteiger partial charge in [-0.2, -0.15) is 9.97 Å². The molecule has 1 aliphatic rings. The van der Waals surface area contributed by atoms with E-state index in [-0.39, 0.29) is 11.7 Å². The number of H-pyrrole nitrogens is 1. The molecule has 0 atom stereocenters. The second-order valence-electron chi connectivity index (χ2n) is 8.42. The van der Waals surface area contributed by atoms with Crippen molar-refractivity contribution in [2.45, 2.75) is 42.0 Å². The molecule has 2 N–H and O–H groups in total. The molecule has 0 fully saturated rings. The van der Waals surface area contributed by atoms with Crippen molar-refractivity contribution in [2.75, 3.05) is 30.9 Å². The van der Waals surface area contributed by atoms with Gasteiger partial charge in [0.1, 0.15) is 5.52 Å². The quantitative estimate of drug-likeness (QED) is 0.243. The number of rotatable bonds is 8. The Kier molecular flexibility index (Phi) is 6.62. The van der Waals surface area contributed by atoms with Crippen molar-refractivity contribution >= 4 is 51.7 Å². The molecule has 4 aromatic rings. The summed E-state index contributed by atoms with van der Waals surface area (Å²) in [6, 6.07) is 12.9.